The van der Waals surface area contributed by atoms with Crippen LogP contribution in [0, 0.1) is 6.92 Å². The molecule has 4 rings (SSSR count). The van der Waals surface area contributed by atoms with E-state index in [2.05, 4.69) is 27.1 Å². The zero-order valence-electron chi connectivity index (χ0n) is 12.7. The van der Waals surface area contributed by atoms with Crippen molar-refractivity contribution in [2.75, 3.05) is 31.1 Å². The second-order valence-electron chi connectivity index (χ2n) is 5.98. The van der Waals surface area contributed by atoms with Gasteiger partial charge in [-0.05, 0) is 19.4 Å². The second kappa shape index (κ2) is 4.56. The summed E-state index contributed by atoms with van der Waals surface area (Å²) in [6.45, 7) is 6.66. The topological polar surface area (TPSA) is 75.9 Å². The number of amides is 1. The number of hydrogen-bond donors (Lipinski definition) is 0. The summed E-state index contributed by atoms with van der Waals surface area (Å²) < 4.78 is 6.99. The van der Waals surface area contributed by atoms with Crippen LogP contribution in [0.3, 0.4) is 0 Å². The maximum Gasteiger partial charge on any atom is 0.410 e. The Labute approximate surface area is 127 Å². The number of fused-ring (bicyclic) bond motifs is 2. The lowest BCUT2D eigenvalue weighted by molar-refractivity contribution is 0.137. The molecule has 116 valence electrons. The van der Waals surface area contributed by atoms with Crippen LogP contribution >= 0.6 is 0 Å². The van der Waals surface area contributed by atoms with E-state index in [0.29, 0.717) is 13.2 Å². The highest BCUT2D eigenvalue weighted by atomic mass is 16.6. The van der Waals surface area contributed by atoms with Crippen molar-refractivity contribution in [2.24, 2.45) is 0 Å². The van der Waals surface area contributed by atoms with Gasteiger partial charge < -0.3 is 9.64 Å². The number of carbonyl (C=O) groups excluding carboxylic acids is 1. The summed E-state index contributed by atoms with van der Waals surface area (Å²) in [5, 5.41) is 12.5. The van der Waals surface area contributed by atoms with Gasteiger partial charge >= 0.3 is 6.09 Å². The molecule has 2 aromatic heterocycles. The van der Waals surface area contributed by atoms with E-state index in [-0.39, 0.29) is 11.6 Å². The number of carbonyl (C=O) groups is 1. The van der Waals surface area contributed by atoms with E-state index in [1.165, 1.54) is 0 Å². The summed E-state index contributed by atoms with van der Waals surface area (Å²) in [5.74, 6) is 0. The van der Waals surface area contributed by atoms with Gasteiger partial charge in [0.2, 0.25) is 5.65 Å². The van der Waals surface area contributed by atoms with Crippen molar-refractivity contribution >= 4 is 17.4 Å². The van der Waals surface area contributed by atoms with Crippen LogP contribution in [0.15, 0.2) is 12.4 Å². The molecule has 2 fully saturated rings. The highest BCUT2D eigenvalue weighted by Gasteiger charge is 2.49. The Kier molecular flexibility index (Phi) is 2.75. The van der Waals surface area contributed by atoms with Crippen LogP contribution in [0.1, 0.15) is 19.0 Å². The van der Waals surface area contributed by atoms with Crippen molar-refractivity contribution in [1.82, 2.24) is 24.7 Å². The smallest absolute Gasteiger partial charge is 0.410 e. The molecule has 0 aromatic carbocycles. The zero-order valence-corrected chi connectivity index (χ0v) is 12.7. The van der Waals surface area contributed by atoms with Crippen molar-refractivity contribution in [3.8, 4) is 0 Å². The Bertz CT molecular complexity index is 744. The van der Waals surface area contributed by atoms with Gasteiger partial charge in [0.1, 0.15) is 12.9 Å². The lowest BCUT2D eigenvalue weighted by Gasteiger charge is -2.45. The first kappa shape index (κ1) is 13.3. The molecule has 4 heterocycles. The molecule has 0 radical (unpaired) electrons. The predicted molar refractivity (Wildman–Crippen MR) is 78.8 cm³/mol. The van der Waals surface area contributed by atoms with Crippen molar-refractivity contribution < 1.29 is 9.53 Å². The number of hydrogen-bond acceptors (Lipinski definition) is 6. The number of ether oxygens (including phenoxy) is 1. The lowest BCUT2D eigenvalue weighted by atomic mass is 9.92. The highest BCUT2D eigenvalue weighted by molar-refractivity contribution is 5.74. The molecule has 22 heavy (non-hydrogen) atoms. The highest BCUT2D eigenvalue weighted by Crippen LogP contribution is 2.34. The Balaban J connectivity index is 1.74. The lowest BCUT2D eigenvalue weighted by Crippen LogP contribution is -2.61. The van der Waals surface area contributed by atoms with Crippen LogP contribution in [0.4, 0.5) is 10.5 Å². The minimum atomic E-state index is -0.247. The van der Waals surface area contributed by atoms with Gasteiger partial charge in [0.15, 0.2) is 0 Å². The maximum atomic E-state index is 11.9. The van der Waals surface area contributed by atoms with Crippen LogP contribution < -0.4 is 4.90 Å². The first-order chi connectivity index (χ1) is 10.6. The van der Waals surface area contributed by atoms with Crippen molar-refractivity contribution in [1.29, 1.82) is 0 Å². The number of cyclic esters (lactones) is 1. The van der Waals surface area contributed by atoms with Crippen LogP contribution in [-0.2, 0) is 4.74 Å². The van der Waals surface area contributed by atoms with Crippen LogP contribution in [0.5, 0.6) is 0 Å². The van der Waals surface area contributed by atoms with Gasteiger partial charge in [-0.25, -0.2) is 4.79 Å². The van der Waals surface area contributed by atoms with E-state index < -0.39 is 0 Å². The minimum Gasteiger partial charge on any atom is -0.447 e. The molecule has 2 aliphatic rings. The molecule has 8 heteroatoms. The summed E-state index contributed by atoms with van der Waals surface area (Å²) in [4.78, 5) is 16.0. The number of rotatable bonds is 2. The van der Waals surface area contributed by atoms with Crippen molar-refractivity contribution in [2.45, 2.75) is 25.8 Å². The molecule has 8 nitrogen and oxygen atoms in total. The largest absolute Gasteiger partial charge is 0.447 e. The van der Waals surface area contributed by atoms with E-state index in [4.69, 9.17) is 4.74 Å². The van der Waals surface area contributed by atoms with E-state index in [0.717, 1.165) is 36.5 Å². The van der Waals surface area contributed by atoms with Crippen LogP contribution in [0.25, 0.3) is 5.65 Å². The van der Waals surface area contributed by atoms with Gasteiger partial charge in [0.25, 0.3) is 0 Å². The first-order valence-electron chi connectivity index (χ1n) is 7.50. The Morgan fingerprint density at radius 3 is 3.09 bits per heavy atom. The molecule has 2 aromatic rings. The SMILES string of the molecule is CCC12COC(=O)N1CCN(c1cc(C)nn3cnnc13)C2. The third-order valence-electron chi connectivity index (χ3n) is 4.71. The Morgan fingerprint density at radius 2 is 2.27 bits per heavy atom. The molecule has 0 spiro atoms. The average molecular weight is 302 g/mol. The molecule has 1 amide bonds. The predicted octanol–water partition coefficient (Wildman–Crippen LogP) is 0.854. The normalized spacial score (nSPS) is 24.7. The molecular weight excluding hydrogens is 284 g/mol. The monoisotopic (exact) mass is 302 g/mol. The third-order valence-corrected chi connectivity index (χ3v) is 4.71. The molecular formula is C14H18N6O2. The molecule has 2 aliphatic heterocycles. The number of aromatic nitrogens is 4. The summed E-state index contributed by atoms with van der Waals surface area (Å²) in [6.07, 6.45) is 2.28. The van der Waals surface area contributed by atoms with Gasteiger partial charge in [-0.2, -0.15) is 9.61 Å². The standard InChI is InChI=1S/C14H18N6O2/c1-3-14-7-18(4-5-19(14)13(21)22-8-14)11-6-10(2)17-20-9-15-16-12(11)20/h6,9H,3-5,7-8H2,1-2H3. The molecule has 0 aliphatic carbocycles. The van der Waals surface area contributed by atoms with Gasteiger partial charge in [0.05, 0.1) is 16.9 Å². The van der Waals surface area contributed by atoms with Crippen LogP contribution in [-0.4, -0.2) is 62.6 Å². The summed E-state index contributed by atoms with van der Waals surface area (Å²) in [5.41, 5.74) is 2.42. The van der Waals surface area contributed by atoms with Gasteiger partial charge in [0, 0.05) is 19.6 Å². The van der Waals surface area contributed by atoms with E-state index in [1.54, 1.807) is 10.8 Å². The van der Waals surface area contributed by atoms with E-state index in [1.807, 2.05) is 17.9 Å². The summed E-state index contributed by atoms with van der Waals surface area (Å²) in [7, 11) is 0. The molecule has 0 bridgehead atoms. The molecule has 0 N–H and O–H groups in total. The number of piperazine rings is 1. The minimum absolute atomic E-state index is 0.194. The second-order valence-corrected chi connectivity index (χ2v) is 5.98. The molecule has 1 atom stereocenters. The molecule has 1 unspecified atom stereocenters. The molecule has 0 saturated carbocycles. The van der Waals surface area contributed by atoms with Gasteiger partial charge in [-0.15, -0.1) is 10.2 Å². The number of nitrogens with zero attached hydrogens (tertiary/aromatic N) is 6. The Morgan fingerprint density at radius 1 is 1.41 bits per heavy atom. The van der Waals surface area contributed by atoms with E-state index >= 15 is 0 Å². The fraction of sp³-hybridized carbons (Fsp3) is 0.571. The van der Waals surface area contributed by atoms with Crippen molar-refractivity contribution in [3.63, 3.8) is 0 Å². The quantitative estimate of drug-likeness (QED) is 0.819. The summed E-state index contributed by atoms with van der Waals surface area (Å²) in [6, 6.07) is 2.03. The molecule has 2 saturated heterocycles. The number of anilines is 1. The first-order valence-corrected chi connectivity index (χ1v) is 7.50. The third kappa shape index (κ3) is 1.76. The zero-order chi connectivity index (χ0) is 15.3. The fourth-order valence-electron chi connectivity index (χ4n) is 3.44. The van der Waals surface area contributed by atoms with Crippen LogP contribution in [0.2, 0.25) is 0 Å². The maximum absolute atomic E-state index is 11.9. The van der Waals surface area contributed by atoms with E-state index in [9.17, 15) is 4.79 Å². The summed E-state index contributed by atoms with van der Waals surface area (Å²) >= 11 is 0. The van der Waals surface area contributed by atoms with Crippen molar-refractivity contribution in [3.05, 3.63) is 18.1 Å². The number of aryl methyl sites for hydroxylation is 1. The van der Waals surface area contributed by atoms with Gasteiger partial charge in [-0.3, -0.25) is 4.90 Å². The Hall–Kier alpha value is -2.38. The van der Waals surface area contributed by atoms with Gasteiger partial charge in [-0.1, -0.05) is 6.92 Å². The fourth-order valence-corrected chi connectivity index (χ4v) is 3.44. The average Bonchev–Trinajstić information content (AvgIpc) is 3.11.